The van der Waals surface area contributed by atoms with E-state index in [4.69, 9.17) is 14.4 Å². The predicted octanol–water partition coefficient (Wildman–Crippen LogP) is 3.44. The summed E-state index contributed by atoms with van der Waals surface area (Å²) in [5.41, 5.74) is -1.85. The van der Waals surface area contributed by atoms with E-state index in [1.807, 2.05) is 19.9 Å². The van der Waals surface area contributed by atoms with Crippen LogP contribution in [0.5, 0.6) is 0 Å². The highest BCUT2D eigenvalue weighted by molar-refractivity contribution is 6.01. The fourth-order valence-corrected chi connectivity index (χ4v) is 8.05. The summed E-state index contributed by atoms with van der Waals surface area (Å²) in [4.78, 5) is 54.2. The second-order valence-corrected chi connectivity index (χ2v) is 11.0. The maximum atomic E-state index is 13.5. The van der Waals surface area contributed by atoms with Gasteiger partial charge in [-0.25, -0.2) is 4.89 Å². The molecule has 0 aromatic rings. The molecule has 4 aliphatic rings. The van der Waals surface area contributed by atoms with Crippen LogP contribution < -0.4 is 0 Å². The molecule has 0 saturated heterocycles. The number of Topliss-reactive ketones (excluding diaryl/α,β-unsaturated/α-hetero) is 1. The molecule has 8 atom stereocenters. The van der Waals surface area contributed by atoms with E-state index in [9.17, 15) is 24.4 Å². The van der Waals surface area contributed by atoms with Gasteiger partial charge in [0.25, 0.3) is 0 Å². The molecule has 4 rings (SSSR count). The van der Waals surface area contributed by atoms with E-state index in [0.717, 1.165) is 18.4 Å². The third-order valence-electron chi connectivity index (χ3n) is 9.30. The lowest BCUT2D eigenvalue weighted by atomic mass is 9.46. The van der Waals surface area contributed by atoms with Crippen molar-refractivity contribution >= 4 is 23.5 Å². The van der Waals surface area contributed by atoms with Gasteiger partial charge >= 0.3 is 11.9 Å². The summed E-state index contributed by atoms with van der Waals surface area (Å²) in [6.07, 6.45) is 7.14. The normalized spacial score (nSPS) is 42.7. The fraction of sp³-hybridized carbons (Fsp3) is 0.692. The van der Waals surface area contributed by atoms with Crippen molar-refractivity contribution in [1.82, 2.24) is 0 Å². The topological polar surface area (TPSA) is 116 Å². The number of rotatable bonds is 5. The summed E-state index contributed by atoms with van der Waals surface area (Å²) < 4.78 is 10.9. The minimum atomic E-state index is -1.59. The molecule has 0 aliphatic heterocycles. The quantitative estimate of drug-likeness (QED) is 0.366. The summed E-state index contributed by atoms with van der Waals surface area (Å²) in [5.74, 6) is -1.89. The molecule has 4 aliphatic carbocycles. The zero-order chi connectivity index (χ0) is 25.1. The minimum Gasteiger partial charge on any atom is -0.462 e. The first-order valence-corrected chi connectivity index (χ1v) is 12.0. The molecular formula is C26H34O8. The predicted molar refractivity (Wildman–Crippen MR) is 120 cm³/mol. The van der Waals surface area contributed by atoms with Gasteiger partial charge in [-0.3, -0.25) is 24.4 Å². The lowest BCUT2D eigenvalue weighted by molar-refractivity contribution is -0.351. The van der Waals surface area contributed by atoms with Crippen LogP contribution in [0.1, 0.15) is 60.3 Å². The van der Waals surface area contributed by atoms with Crippen LogP contribution in [-0.2, 0) is 33.5 Å². The number of ether oxygens (including phenoxy) is 2. The Balaban J connectivity index is 1.80. The van der Waals surface area contributed by atoms with Crippen LogP contribution in [0.3, 0.4) is 0 Å². The fourth-order valence-electron chi connectivity index (χ4n) is 8.05. The molecule has 3 saturated carbocycles. The van der Waals surface area contributed by atoms with Crippen LogP contribution >= 0.6 is 0 Å². The molecule has 1 N–H and O–H groups in total. The van der Waals surface area contributed by atoms with E-state index in [1.54, 1.807) is 12.2 Å². The van der Waals surface area contributed by atoms with E-state index in [2.05, 4.69) is 6.92 Å². The maximum absolute atomic E-state index is 13.5. The standard InChI is InChI=1S/C26H34O8/c1-14-10-20-19-7-6-17-11-18(29)8-9-24(17,4)23(19)21(33-16(3)28)12-25(20,5)26(14,34-31)22(30)13-32-15(2)27/h8-9,11,14,19-21,23,31H,6-7,10,12-13H2,1-5H3. The average molecular weight is 475 g/mol. The van der Waals surface area contributed by atoms with Crippen molar-refractivity contribution in [2.75, 3.05) is 6.61 Å². The molecule has 0 bridgehead atoms. The van der Waals surface area contributed by atoms with Crippen LogP contribution in [0, 0.1) is 34.5 Å². The zero-order valence-electron chi connectivity index (χ0n) is 20.5. The van der Waals surface area contributed by atoms with Gasteiger partial charge in [0.2, 0.25) is 5.78 Å². The van der Waals surface area contributed by atoms with Crippen LogP contribution in [0.15, 0.2) is 23.8 Å². The summed E-state index contributed by atoms with van der Waals surface area (Å²) in [6.45, 7) is 7.98. The Labute approximate surface area is 199 Å². The van der Waals surface area contributed by atoms with Gasteiger partial charge in [-0.1, -0.05) is 32.4 Å². The average Bonchev–Trinajstić information content (AvgIpc) is 2.98. The minimum absolute atomic E-state index is 0.00265. The summed E-state index contributed by atoms with van der Waals surface area (Å²) in [7, 11) is 0. The van der Waals surface area contributed by atoms with Crippen LogP contribution in [0.25, 0.3) is 0 Å². The third kappa shape index (κ3) is 3.40. The van der Waals surface area contributed by atoms with Crippen LogP contribution in [0.2, 0.25) is 0 Å². The van der Waals surface area contributed by atoms with Crippen LogP contribution in [0.4, 0.5) is 0 Å². The number of hydrogen-bond acceptors (Lipinski definition) is 8. The largest absolute Gasteiger partial charge is 0.462 e. The highest BCUT2D eigenvalue weighted by atomic mass is 17.1. The number of fused-ring (bicyclic) bond motifs is 5. The first-order valence-electron chi connectivity index (χ1n) is 12.0. The number of ketones is 2. The second-order valence-electron chi connectivity index (χ2n) is 11.0. The Morgan fingerprint density at radius 2 is 1.88 bits per heavy atom. The highest BCUT2D eigenvalue weighted by Gasteiger charge is 2.73. The molecule has 8 unspecified atom stereocenters. The molecule has 34 heavy (non-hydrogen) atoms. The van der Waals surface area contributed by atoms with E-state index in [1.165, 1.54) is 13.8 Å². The van der Waals surface area contributed by atoms with Crippen molar-refractivity contribution in [3.05, 3.63) is 23.8 Å². The van der Waals surface area contributed by atoms with Gasteiger partial charge in [0.15, 0.2) is 18.0 Å². The first kappa shape index (κ1) is 24.8. The van der Waals surface area contributed by atoms with Crippen molar-refractivity contribution in [1.29, 1.82) is 0 Å². The SMILES string of the molecule is CC(=O)OCC(=O)C1(OO)C(C)CC2C3CCC4=CC(=O)C=CC4(C)C3C(OC(C)=O)CC21C. The molecule has 3 fully saturated rings. The van der Waals surface area contributed by atoms with E-state index < -0.39 is 46.9 Å². The van der Waals surface area contributed by atoms with Gasteiger partial charge in [-0.15, -0.1) is 0 Å². The molecular weight excluding hydrogens is 440 g/mol. The second kappa shape index (κ2) is 8.41. The Bertz CT molecular complexity index is 981. The zero-order valence-corrected chi connectivity index (χ0v) is 20.5. The molecule has 0 aromatic carbocycles. The van der Waals surface area contributed by atoms with E-state index in [-0.39, 0.29) is 29.5 Å². The van der Waals surface area contributed by atoms with E-state index in [0.29, 0.717) is 12.8 Å². The smallest absolute Gasteiger partial charge is 0.303 e. The lowest BCUT2D eigenvalue weighted by Gasteiger charge is -2.60. The van der Waals surface area contributed by atoms with Gasteiger partial charge in [-0.2, -0.15) is 0 Å². The van der Waals surface area contributed by atoms with Gasteiger partial charge < -0.3 is 9.47 Å². The third-order valence-corrected chi connectivity index (χ3v) is 9.30. The summed E-state index contributed by atoms with van der Waals surface area (Å²) in [6, 6.07) is 0. The molecule has 8 heteroatoms. The van der Waals surface area contributed by atoms with Gasteiger partial charge in [0.1, 0.15) is 6.10 Å². The monoisotopic (exact) mass is 474 g/mol. The highest BCUT2D eigenvalue weighted by Crippen LogP contribution is 2.69. The maximum Gasteiger partial charge on any atom is 0.303 e. The Kier molecular flexibility index (Phi) is 6.13. The summed E-state index contributed by atoms with van der Waals surface area (Å²) >= 11 is 0. The molecule has 0 amide bonds. The number of esters is 2. The number of carbonyl (C=O) groups excluding carboxylic acids is 4. The Hall–Kier alpha value is -2.32. The molecule has 8 nitrogen and oxygen atoms in total. The Morgan fingerprint density at radius 3 is 2.50 bits per heavy atom. The van der Waals surface area contributed by atoms with Crippen molar-refractivity contribution in [3.63, 3.8) is 0 Å². The number of hydrogen-bond donors (Lipinski definition) is 1. The van der Waals surface area contributed by atoms with Gasteiger partial charge in [0, 0.05) is 30.6 Å². The molecule has 0 spiro atoms. The summed E-state index contributed by atoms with van der Waals surface area (Å²) in [5, 5.41) is 10.2. The lowest BCUT2D eigenvalue weighted by Crippen LogP contribution is -2.64. The van der Waals surface area contributed by atoms with Crippen molar-refractivity contribution in [3.8, 4) is 0 Å². The van der Waals surface area contributed by atoms with Crippen LogP contribution in [-0.4, -0.2) is 47.1 Å². The molecule has 186 valence electrons. The van der Waals surface area contributed by atoms with Gasteiger partial charge in [-0.05, 0) is 55.6 Å². The number of allylic oxidation sites excluding steroid dienone is 4. The van der Waals surface area contributed by atoms with Crippen molar-refractivity contribution in [2.45, 2.75) is 72.0 Å². The first-order chi connectivity index (χ1) is 15.9. The molecule has 0 aromatic heterocycles. The van der Waals surface area contributed by atoms with Crippen molar-refractivity contribution in [2.24, 2.45) is 34.5 Å². The van der Waals surface area contributed by atoms with Gasteiger partial charge in [0.05, 0.1) is 0 Å². The Morgan fingerprint density at radius 1 is 1.18 bits per heavy atom. The van der Waals surface area contributed by atoms with Crippen molar-refractivity contribution < 1.29 is 38.8 Å². The molecule has 0 radical (unpaired) electrons. The number of carbonyl (C=O) groups is 4. The molecule has 0 heterocycles. The van der Waals surface area contributed by atoms with E-state index >= 15 is 0 Å².